The summed E-state index contributed by atoms with van der Waals surface area (Å²) in [6, 6.07) is 26.8. The van der Waals surface area contributed by atoms with E-state index in [0.717, 1.165) is 44.8 Å². The largest absolute Gasteiger partial charge is 0.494 e. The molecule has 3 aromatic carbocycles. The molecule has 6 nitrogen and oxygen atoms in total. The van der Waals surface area contributed by atoms with E-state index >= 15 is 0 Å². The zero-order valence-electron chi connectivity index (χ0n) is 22.4. The molecule has 0 aliphatic carbocycles. The van der Waals surface area contributed by atoms with Crippen LogP contribution in [0.3, 0.4) is 0 Å². The number of rotatable bonds is 11. The smallest absolute Gasteiger partial charge is 0.251 e. The van der Waals surface area contributed by atoms with Crippen molar-refractivity contribution >= 4 is 17.3 Å². The van der Waals surface area contributed by atoms with Crippen molar-refractivity contribution in [3.8, 4) is 5.75 Å². The van der Waals surface area contributed by atoms with Crippen LogP contribution in [0.2, 0.25) is 0 Å². The van der Waals surface area contributed by atoms with Crippen molar-refractivity contribution < 1.29 is 9.53 Å². The molecule has 1 saturated heterocycles. The standard InChI is InChI=1S/C31H40N4O2/c1-4-5-23-37-29-17-13-26(14-18-29)31(36)32-24-30(25-11-15-27(16-12-25)33(2)3)35-21-19-34(20-22-35)28-9-7-6-8-10-28/h6-18,30H,4-5,19-24H2,1-3H3,(H,32,36). The lowest BCUT2D eigenvalue weighted by molar-refractivity contribution is 0.0930. The maximum Gasteiger partial charge on any atom is 0.251 e. The molecule has 1 heterocycles. The predicted octanol–water partition coefficient (Wildman–Crippen LogP) is 5.22. The summed E-state index contributed by atoms with van der Waals surface area (Å²) in [5, 5.41) is 3.20. The molecule has 37 heavy (non-hydrogen) atoms. The number of unbranched alkanes of at least 4 members (excludes halogenated alkanes) is 1. The number of carbonyl (C=O) groups is 1. The van der Waals surface area contributed by atoms with Crippen LogP contribution in [0.1, 0.15) is 41.7 Å². The SMILES string of the molecule is CCCCOc1ccc(C(=O)NCC(c2ccc(N(C)C)cc2)N2CCN(c3ccccc3)CC2)cc1. The fourth-order valence-electron chi connectivity index (χ4n) is 4.71. The first-order valence-corrected chi connectivity index (χ1v) is 13.4. The van der Waals surface area contributed by atoms with Gasteiger partial charge in [-0.3, -0.25) is 9.69 Å². The van der Waals surface area contributed by atoms with Crippen molar-refractivity contribution in [2.75, 3.05) is 63.2 Å². The lowest BCUT2D eigenvalue weighted by atomic mass is 10.0. The van der Waals surface area contributed by atoms with Gasteiger partial charge in [0.05, 0.1) is 12.6 Å². The molecule has 3 aromatic rings. The number of ether oxygens (including phenoxy) is 1. The van der Waals surface area contributed by atoms with Gasteiger partial charge in [-0.1, -0.05) is 43.7 Å². The van der Waals surface area contributed by atoms with Gasteiger partial charge in [0.15, 0.2) is 0 Å². The minimum atomic E-state index is -0.0575. The maximum absolute atomic E-state index is 13.0. The number of para-hydroxylation sites is 1. The molecule has 1 unspecified atom stereocenters. The van der Waals surface area contributed by atoms with E-state index in [0.29, 0.717) is 18.7 Å². The molecule has 0 spiro atoms. The Morgan fingerprint density at radius 1 is 0.919 bits per heavy atom. The number of anilines is 2. The van der Waals surface area contributed by atoms with E-state index in [1.165, 1.54) is 16.9 Å². The van der Waals surface area contributed by atoms with Crippen LogP contribution in [0.25, 0.3) is 0 Å². The fraction of sp³-hybridized carbons (Fsp3) is 0.387. The zero-order chi connectivity index (χ0) is 26.0. The van der Waals surface area contributed by atoms with Crippen molar-refractivity contribution in [1.29, 1.82) is 0 Å². The van der Waals surface area contributed by atoms with Crippen LogP contribution in [-0.4, -0.2) is 64.2 Å². The van der Waals surface area contributed by atoms with Crippen LogP contribution in [0.5, 0.6) is 5.75 Å². The third-order valence-corrected chi connectivity index (χ3v) is 7.01. The Morgan fingerprint density at radius 3 is 2.22 bits per heavy atom. The topological polar surface area (TPSA) is 48.1 Å². The number of hydrogen-bond donors (Lipinski definition) is 1. The summed E-state index contributed by atoms with van der Waals surface area (Å²) in [6.45, 7) is 7.20. The molecule has 6 heteroatoms. The third kappa shape index (κ3) is 7.26. The van der Waals surface area contributed by atoms with E-state index in [2.05, 4.69) is 95.6 Å². The van der Waals surface area contributed by atoms with Gasteiger partial charge in [0, 0.05) is 63.8 Å². The number of amides is 1. The predicted molar refractivity (Wildman–Crippen MR) is 153 cm³/mol. The molecule has 1 atom stereocenters. The first kappa shape index (κ1) is 26.6. The fourth-order valence-corrected chi connectivity index (χ4v) is 4.71. The number of piperazine rings is 1. The molecule has 1 aliphatic heterocycles. The lowest BCUT2D eigenvalue weighted by Gasteiger charge is -2.40. The lowest BCUT2D eigenvalue weighted by Crippen LogP contribution is -2.50. The van der Waals surface area contributed by atoms with Gasteiger partial charge in [-0.05, 0) is 60.5 Å². The van der Waals surface area contributed by atoms with Crippen molar-refractivity contribution in [2.24, 2.45) is 0 Å². The van der Waals surface area contributed by atoms with E-state index < -0.39 is 0 Å². The molecular weight excluding hydrogens is 460 g/mol. The normalized spacial score (nSPS) is 14.7. The van der Waals surface area contributed by atoms with Crippen molar-refractivity contribution in [1.82, 2.24) is 10.2 Å². The van der Waals surface area contributed by atoms with Crippen molar-refractivity contribution in [3.05, 3.63) is 90.0 Å². The van der Waals surface area contributed by atoms with E-state index in [1.807, 2.05) is 24.3 Å². The summed E-state index contributed by atoms with van der Waals surface area (Å²) in [4.78, 5) is 20.1. The van der Waals surface area contributed by atoms with Gasteiger partial charge in [-0.25, -0.2) is 0 Å². The van der Waals surface area contributed by atoms with E-state index in [9.17, 15) is 4.79 Å². The van der Waals surface area contributed by atoms with Crippen LogP contribution >= 0.6 is 0 Å². The number of benzene rings is 3. The zero-order valence-corrected chi connectivity index (χ0v) is 22.4. The summed E-state index contributed by atoms with van der Waals surface area (Å²) in [5.74, 6) is 0.748. The molecule has 1 fully saturated rings. The van der Waals surface area contributed by atoms with Gasteiger partial charge in [0.1, 0.15) is 5.75 Å². The van der Waals surface area contributed by atoms with Crippen LogP contribution in [0.4, 0.5) is 11.4 Å². The Hall–Kier alpha value is -3.51. The molecule has 0 saturated carbocycles. The minimum absolute atomic E-state index is 0.0575. The Labute approximate surface area is 221 Å². The molecule has 0 radical (unpaired) electrons. The Bertz CT molecular complexity index is 1090. The summed E-state index contributed by atoms with van der Waals surface area (Å²) >= 11 is 0. The second-order valence-electron chi connectivity index (χ2n) is 9.80. The third-order valence-electron chi connectivity index (χ3n) is 7.01. The molecule has 0 aromatic heterocycles. The summed E-state index contributed by atoms with van der Waals surface area (Å²) in [7, 11) is 4.10. The molecule has 1 amide bonds. The molecule has 196 valence electrons. The summed E-state index contributed by atoms with van der Waals surface area (Å²) in [6.07, 6.45) is 2.12. The number of hydrogen-bond acceptors (Lipinski definition) is 5. The van der Waals surface area contributed by atoms with Gasteiger partial charge in [0.2, 0.25) is 0 Å². The van der Waals surface area contributed by atoms with Crippen LogP contribution in [0, 0.1) is 0 Å². The van der Waals surface area contributed by atoms with Gasteiger partial charge in [-0.15, -0.1) is 0 Å². The molecule has 0 bridgehead atoms. The highest BCUT2D eigenvalue weighted by atomic mass is 16.5. The number of nitrogens with one attached hydrogen (secondary N) is 1. The molecule has 1 N–H and O–H groups in total. The highest BCUT2D eigenvalue weighted by Crippen LogP contribution is 2.26. The van der Waals surface area contributed by atoms with Crippen molar-refractivity contribution in [2.45, 2.75) is 25.8 Å². The second-order valence-corrected chi connectivity index (χ2v) is 9.80. The Morgan fingerprint density at radius 2 is 1.59 bits per heavy atom. The quantitative estimate of drug-likeness (QED) is 0.366. The van der Waals surface area contributed by atoms with Crippen molar-refractivity contribution in [3.63, 3.8) is 0 Å². The molecule has 4 rings (SSSR count). The first-order valence-electron chi connectivity index (χ1n) is 13.4. The van der Waals surface area contributed by atoms with E-state index in [4.69, 9.17) is 4.74 Å². The van der Waals surface area contributed by atoms with E-state index in [-0.39, 0.29) is 11.9 Å². The first-order chi connectivity index (χ1) is 18.0. The summed E-state index contributed by atoms with van der Waals surface area (Å²) in [5.41, 5.74) is 4.31. The highest BCUT2D eigenvalue weighted by Gasteiger charge is 2.26. The number of carbonyl (C=O) groups excluding carboxylic acids is 1. The van der Waals surface area contributed by atoms with Crippen LogP contribution < -0.4 is 19.9 Å². The van der Waals surface area contributed by atoms with Gasteiger partial charge in [0.25, 0.3) is 5.91 Å². The van der Waals surface area contributed by atoms with Gasteiger partial charge >= 0.3 is 0 Å². The average Bonchev–Trinajstić information content (AvgIpc) is 2.94. The Kier molecular flexibility index (Phi) is 9.44. The molecular formula is C31H40N4O2. The summed E-state index contributed by atoms with van der Waals surface area (Å²) < 4.78 is 5.74. The van der Waals surface area contributed by atoms with Gasteiger partial charge < -0.3 is 19.9 Å². The highest BCUT2D eigenvalue weighted by molar-refractivity contribution is 5.94. The van der Waals surface area contributed by atoms with Crippen LogP contribution in [-0.2, 0) is 0 Å². The second kappa shape index (κ2) is 13.2. The van der Waals surface area contributed by atoms with Crippen LogP contribution in [0.15, 0.2) is 78.9 Å². The molecule has 1 aliphatic rings. The number of nitrogens with zero attached hydrogens (tertiary/aromatic N) is 3. The monoisotopic (exact) mass is 500 g/mol. The Balaban J connectivity index is 1.42. The van der Waals surface area contributed by atoms with E-state index in [1.54, 1.807) is 0 Å². The minimum Gasteiger partial charge on any atom is -0.494 e. The maximum atomic E-state index is 13.0. The average molecular weight is 501 g/mol. The van der Waals surface area contributed by atoms with Gasteiger partial charge in [-0.2, -0.15) is 0 Å².